The van der Waals surface area contributed by atoms with Gasteiger partial charge >= 0.3 is 0 Å². The molecule has 0 saturated carbocycles. The maximum atomic E-state index is 12.1. The molecule has 1 aliphatic carbocycles. The molecule has 24 heavy (non-hydrogen) atoms. The topological polar surface area (TPSA) is 81.4 Å². The van der Waals surface area contributed by atoms with E-state index in [1.165, 1.54) is 11.3 Å². The molecule has 0 spiro atoms. The SMILES string of the molecule is NC(=O)c1c(NC(=O)COc2ccc(Cl)cc2Br)sc2c1CCC2. The van der Waals surface area contributed by atoms with Crippen LogP contribution in [0, 0.1) is 0 Å². The molecule has 0 radical (unpaired) electrons. The van der Waals surface area contributed by atoms with Gasteiger partial charge in [0.25, 0.3) is 11.8 Å². The maximum absolute atomic E-state index is 12.1. The zero-order valence-corrected chi connectivity index (χ0v) is 15.7. The van der Waals surface area contributed by atoms with Crippen LogP contribution in [0.5, 0.6) is 5.75 Å². The first-order valence-corrected chi connectivity index (χ1v) is 9.26. The van der Waals surface area contributed by atoms with Gasteiger partial charge in [0.2, 0.25) is 0 Å². The molecular formula is C16H14BrClN2O3S. The number of thiophene rings is 1. The summed E-state index contributed by atoms with van der Waals surface area (Å²) in [6.45, 7) is -0.180. The molecule has 0 atom stereocenters. The molecule has 0 unspecified atom stereocenters. The summed E-state index contributed by atoms with van der Waals surface area (Å²) in [7, 11) is 0. The minimum absolute atomic E-state index is 0.180. The van der Waals surface area contributed by atoms with Gasteiger partial charge in [0.15, 0.2) is 6.61 Å². The Kier molecular flexibility index (Phi) is 5.12. The van der Waals surface area contributed by atoms with Crippen LogP contribution in [0.1, 0.15) is 27.2 Å². The number of amides is 2. The number of ether oxygens (including phenoxy) is 1. The van der Waals surface area contributed by atoms with Crippen LogP contribution in [0.2, 0.25) is 5.02 Å². The van der Waals surface area contributed by atoms with Crippen molar-refractivity contribution in [3.8, 4) is 5.75 Å². The summed E-state index contributed by atoms with van der Waals surface area (Å²) < 4.78 is 6.14. The van der Waals surface area contributed by atoms with E-state index in [1.54, 1.807) is 18.2 Å². The Bertz CT molecular complexity index is 822. The Morgan fingerprint density at radius 3 is 2.88 bits per heavy atom. The number of nitrogens with one attached hydrogen (secondary N) is 1. The number of anilines is 1. The summed E-state index contributed by atoms with van der Waals surface area (Å²) >= 11 is 10.6. The monoisotopic (exact) mass is 428 g/mol. The van der Waals surface area contributed by atoms with Gasteiger partial charge in [-0.2, -0.15) is 0 Å². The van der Waals surface area contributed by atoms with Crippen molar-refractivity contribution in [3.63, 3.8) is 0 Å². The van der Waals surface area contributed by atoms with Gasteiger partial charge in [-0.1, -0.05) is 11.6 Å². The van der Waals surface area contributed by atoms with E-state index in [2.05, 4.69) is 21.2 Å². The van der Waals surface area contributed by atoms with Gasteiger partial charge in [-0.05, 0) is 59.0 Å². The van der Waals surface area contributed by atoms with E-state index in [1.807, 2.05) is 0 Å². The molecule has 5 nitrogen and oxygen atoms in total. The van der Waals surface area contributed by atoms with Gasteiger partial charge < -0.3 is 15.8 Å². The van der Waals surface area contributed by atoms with Crippen LogP contribution in [0.25, 0.3) is 0 Å². The second-order valence-corrected chi connectivity index (χ2v) is 7.73. The largest absolute Gasteiger partial charge is 0.483 e. The Morgan fingerprint density at radius 2 is 2.17 bits per heavy atom. The fourth-order valence-electron chi connectivity index (χ4n) is 2.65. The van der Waals surface area contributed by atoms with Gasteiger partial charge in [-0.3, -0.25) is 9.59 Å². The highest BCUT2D eigenvalue weighted by atomic mass is 79.9. The van der Waals surface area contributed by atoms with Crippen LogP contribution in [0.15, 0.2) is 22.7 Å². The quantitative estimate of drug-likeness (QED) is 0.759. The molecule has 1 aliphatic rings. The number of halogens is 2. The average molecular weight is 430 g/mol. The van der Waals surface area contributed by atoms with Crippen molar-refractivity contribution < 1.29 is 14.3 Å². The molecule has 1 aromatic carbocycles. The number of nitrogens with two attached hydrogens (primary N) is 1. The lowest BCUT2D eigenvalue weighted by Gasteiger charge is -2.09. The van der Waals surface area contributed by atoms with Crippen molar-refractivity contribution in [2.45, 2.75) is 19.3 Å². The third kappa shape index (κ3) is 3.58. The van der Waals surface area contributed by atoms with Gasteiger partial charge in [0.1, 0.15) is 10.8 Å². The highest BCUT2D eigenvalue weighted by molar-refractivity contribution is 9.10. The third-order valence-corrected chi connectivity index (χ3v) is 5.74. The molecule has 3 rings (SSSR count). The normalized spacial score (nSPS) is 12.8. The first kappa shape index (κ1) is 17.3. The lowest BCUT2D eigenvalue weighted by Crippen LogP contribution is -2.22. The fourth-order valence-corrected chi connectivity index (χ4v) is 4.76. The second kappa shape index (κ2) is 7.13. The Morgan fingerprint density at radius 1 is 1.38 bits per heavy atom. The number of hydrogen-bond donors (Lipinski definition) is 2. The van der Waals surface area contributed by atoms with E-state index in [4.69, 9.17) is 22.1 Å². The number of hydrogen-bond acceptors (Lipinski definition) is 4. The Hall–Kier alpha value is -1.57. The van der Waals surface area contributed by atoms with Gasteiger partial charge in [-0.15, -0.1) is 11.3 Å². The molecular weight excluding hydrogens is 416 g/mol. The number of aryl methyl sites for hydroxylation is 1. The number of rotatable bonds is 5. The van der Waals surface area contributed by atoms with Gasteiger partial charge in [0.05, 0.1) is 10.0 Å². The van der Waals surface area contributed by atoms with Crippen molar-refractivity contribution >= 4 is 55.7 Å². The lowest BCUT2D eigenvalue weighted by atomic mass is 10.1. The highest BCUT2D eigenvalue weighted by Gasteiger charge is 2.26. The zero-order valence-electron chi connectivity index (χ0n) is 12.5. The molecule has 2 aromatic rings. The van der Waals surface area contributed by atoms with Crippen LogP contribution >= 0.6 is 38.9 Å². The highest BCUT2D eigenvalue weighted by Crippen LogP contribution is 2.38. The van der Waals surface area contributed by atoms with E-state index in [-0.39, 0.29) is 12.5 Å². The van der Waals surface area contributed by atoms with E-state index >= 15 is 0 Å². The number of primary amides is 1. The Balaban J connectivity index is 1.68. The molecule has 1 heterocycles. The summed E-state index contributed by atoms with van der Waals surface area (Å²) in [5.74, 6) is -0.344. The van der Waals surface area contributed by atoms with E-state index in [0.717, 1.165) is 29.7 Å². The number of carbonyl (C=O) groups is 2. The van der Waals surface area contributed by atoms with Gasteiger partial charge in [0, 0.05) is 9.90 Å². The van der Waals surface area contributed by atoms with Crippen LogP contribution in [0.3, 0.4) is 0 Å². The smallest absolute Gasteiger partial charge is 0.262 e. The number of fused-ring (bicyclic) bond motifs is 1. The van der Waals surface area contributed by atoms with Crippen LogP contribution in [-0.2, 0) is 17.6 Å². The first-order valence-electron chi connectivity index (χ1n) is 7.27. The van der Waals surface area contributed by atoms with E-state index < -0.39 is 5.91 Å². The Labute approximate surface area is 156 Å². The van der Waals surface area contributed by atoms with E-state index in [9.17, 15) is 9.59 Å². The number of carbonyl (C=O) groups excluding carboxylic acids is 2. The van der Waals surface area contributed by atoms with Crippen LogP contribution in [0.4, 0.5) is 5.00 Å². The molecule has 1 aromatic heterocycles. The molecule has 0 saturated heterocycles. The van der Waals surface area contributed by atoms with Gasteiger partial charge in [-0.25, -0.2) is 0 Å². The summed E-state index contributed by atoms with van der Waals surface area (Å²) in [5.41, 5.74) is 6.89. The molecule has 0 aliphatic heterocycles. The summed E-state index contributed by atoms with van der Waals surface area (Å²) in [5, 5.41) is 3.81. The molecule has 126 valence electrons. The van der Waals surface area contributed by atoms with Crippen LogP contribution in [-0.4, -0.2) is 18.4 Å². The molecule has 2 amide bonds. The molecule has 8 heteroatoms. The van der Waals surface area contributed by atoms with Crippen LogP contribution < -0.4 is 15.8 Å². The van der Waals surface area contributed by atoms with Crippen molar-refractivity contribution in [2.75, 3.05) is 11.9 Å². The zero-order chi connectivity index (χ0) is 17.3. The standard InChI is InChI=1S/C16H14BrClN2O3S/c17-10-6-8(18)4-5-11(10)23-7-13(21)20-16-14(15(19)22)9-2-1-3-12(9)24-16/h4-6H,1-3,7H2,(H2,19,22)(H,20,21). The fraction of sp³-hybridized carbons (Fsp3) is 0.250. The minimum Gasteiger partial charge on any atom is -0.483 e. The maximum Gasteiger partial charge on any atom is 0.262 e. The minimum atomic E-state index is -0.508. The van der Waals surface area contributed by atoms with Crippen molar-refractivity contribution in [3.05, 3.63) is 43.7 Å². The molecule has 3 N–H and O–H groups in total. The predicted molar refractivity (Wildman–Crippen MR) is 98.1 cm³/mol. The second-order valence-electron chi connectivity index (χ2n) is 5.34. The molecule has 0 fully saturated rings. The third-order valence-electron chi connectivity index (χ3n) is 3.67. The van der Waals surface area contributed by atoms with E-state index in [0.29, 0.717) is 25.8 Å². The summed E-state index contributed by atoms with van der Waals surface area (Å²) in [4.78, 5) is 25.0. The molecule has 0 bridgehead atoms. The predicted octanol–water partition coefficient (Wildman–Crippen LogP) is 3.77. The average Bonchev–Trinajstić information content (AvgIpc) is 3.06. The first-order chi connectivity index (χ1) is 11.5. The van der Waals surface area contributed by atoms with Crippen molar-refractivity contribution in [2.24, 2.45) is 5.73 Å². The van der Waals surface area contributed by atoms with Crippen molar-refractivity contribution in [1.82, 2.24) is 0 Å². The number of benzene rings is 1. The van der Waals surface area contributed by atoms with Crippen molar-refractivity contribution in [1.29, 1.82) is 0 Å². The lowest BCUT2D eigenvalue weighted by molar-refractivity contribution is -0.118. The summed E-state index contributed by atoms with van der Waals surface area (Å²) in [6.07, 6.45) is 2.77. The summed E-state index contributed by atoms with van der Waals surface area (Å²) in [6, 6.07) is 5.03.